The monoisotopic (exact) mass is 420 g/mol. The Bertz CT molecular complexity index is 916. The third-order valence-electron chi connectivity index (χ3n) is 4.22. The molecule has 28 heavy (non-hydrogen) atoms. The first-order chi connectivity index (χ1) is 13.2. The molecule has 3 amide bonds. The molecule has 6 nitrogen and oxygen atoms in total. The predicted molar refractivity (Wildman–Crippen MR) is 107 cm³/mol. The summed E-state index contributed by atoms with van der Waals surface area (Å²) in [6, 6.07) is 8.50. The van der Waals surface area contributed by atoms with Crippen molar-refractivity contribution in [3.63, 3.8) is 0 Å². The minimum Gasteiger partial charge on any atom is -0.491 e. The summed E-state index contributed by atoms with van der Waals surface area (Å²) in [6.07, 6.45) is 0.0382. The lowest BCUT2D eigenvalue weighted by Crippen LogP contribution is -2.45. The van der Waals surface area contributed by atoms with Crippen molar-refractivity contribution in [2.24, 2.45) is 0 Å². The van der Waals surface area contributed by atoms with E-state index in [0.717, 1.165) is 4.90 Å². The van der Waals surface area contributed by atoms with Gasteiger partial charge in [-0.1, -0.05) is 23.2 Å². The second-order valence-electron chi connectivity index (χ2n) is 6.65. The van der Waals surface area contributed by atoms with Gasteiger partial charge in [0.15, 0.2) is 0 Å². The quantitative estimate of drug-likeness (QED) is 0.726. The number of amides is 3. The SMILES string of the molecule is CC(C)Oc1ccc(NC(=O)C(C)N2C(=O)c3cc(Cl)c(Cl)cc3C2=O)cc1. The number of rotatable bonds is 5. The second-order valence-corrected chi connectivity index (χ2v) is 7.46. The lowest BCUT2D eigenvalue weighted by molar-refractivity contribution is -0.119. The van der Waals surface area contributed by atoms with E-state index in [0.29, 0.717) is 11.4 Å². The first-order valence-corrected chi connectivity index (χ1v) is 9.39. The first-order valence-electron chi connectivity index (χ1n) is 8.63. The van der Waals surface area contributed by atoms with Gasteiger partial charge in [0.25, 0.3) is 11.8 Å². The normalized spacial score (nSPS) is 14.3. The van der Waals surface area contributed by atoms with Crippen LogP contribution in [0.5, 0.6) is 5.75 Å². The lowest BCUT2D eigenvalue weighted by Gasteiger charge is -2.21. The maximum atomic E-state index is 12.6. The van der Waals surface area contributed by atoms with Gasteiger partial charge in [-0.25, -0.2) is 0 Å². The highest BCUT2D eigenvalue weighted by molar-refractivity contribution is 6.43. The summed E-state index contributed by atoms with van der Waals surface area (Å²) in [6.45, 7) is 5.32. The van der Waals surface area contributed by atoms with Gasteiger partial charge >= 0.3 is 0 Å². The standard InChI is InChI=1S/C20H18Cl2N2O4/c1-10(2)28-13-6-4-12(5-7-13)23-18(25)11(3)24-19(26)14-8-16(21)17(22)9-15(14)20(24)27/h4-11H,1-3H3,(H,23,25). The summed E-state index contributed by atoms with van der Waals surface area (Å²) in [5.41, 5.74) is 0.791. The molecule has 1 heterocycles. The van der Waals surface area contributed by atoms with Crippen molar-refractivity contribution in [1.29, 1.82) is 0 Å². The average molecular weight is 421 g/mol. The summed E-state index contributed by atoms with van der Waals surface area (Å²) in [5, 5.41) is 3.04. The smallest absolute Gasteiger partial charge is 0.262 e. The van der Waals surface area contributed by atoms with Crippen LogP contribution in [0.4, 0.5) is 5.69 Å². The second kappa shape index (κ2) is 7.81. The Morgan fingerprint density at radius 2 is 1.46 bits per heavy atom. The van der Waals surface area contributed by atoms with Crippen LogP contribution in [0.2, 0.25) is 10.0 Å². The number of hydrogen-bond donors (Lipinski definition) is 1. The van der Waals surface area contributed by atoms with Crippen LogP contribution in [0.25, 0.3) is 0 Å². The Morgan fingerprint density at radius 1 is 0.964 bits per heavy atom. The molecule has 1 aliphatic heterocycles. The lowest BCUT2D eigenvalue weighted by atomic mass is 10.1. The van der Waals surface area contributed by atoms with E-state index in [-0.39, 0.29) is 27.3 Å². The van der Waals surface area contributed by atoms with Gasteiger partial charge in [0.1, 0.15) is 11.8 Å². The van der Waals surface area contributed by atoms with Crippen LogP contribution < -0.4 is 10.1 Å². The summed E-state index contributed by atoms with van der Waals surface area (Å²) >= 11 is 11.9. The third-order valence-corrected chi connectivity index (χ3v) is 4.94. The topological polar surface area (TPSA) is 75.7 Å². The molecule has 2 aromatic rings. The maximum absolute atomic E-state index is 12.6. The summed E-state index contributed by atoms with van der Waals surface area (Å²) < 4.78 is 5.55. The van der Waals surface area contributed by atoms with E-state index in [1.807, 2.05) is 13.8 Å². The average Bonchev–Trinajstić information content (AvgIpc) is 2.86. The fraction of sp³-hybridized carbons (Fsp3) is 0.250. The number of anilines is 1. The molecule has 0 fully saturated rings. The molecule has 2 aromatic carbocycles. The van der Waals surface area contributed by atoms with E-state index in [2.05, 4.69) is 5.32 Å². The number of fused-ring (bicyclic) bond motifs is 1. The number of benzene rings is 2. The van der Waals surface area contributed by atoms with Crippen LogP contribution in [0, 0.1) is 0 Å². The Hall–Kier alpha value is -2.57. The molecule has 1 N–H and O–H groups in total. The largest absolute Gasteiger partial charge is 0.491 e. The van der Waals surface area contributed by atoms with Crippen molar-refractivity contribution in [1.82, 2.24) is 4.90 Å². The fourth-order valence-corrected chi connectivity index (χ4v) is 3.18. The Balaban J connectivity index is 1.75. The number of imide groups is 1. The van der Waals surface area contributed by atoms with Crippen molar-refractivity contribution in [3.05, 3.63) is 57.6 Å². The van der Waals surface area contributed by atoms with Gasteiger partial charge in [0, 0.05) is 5.69 Å². The van der Waals surface area contributed by atoms with E-state index in [9.17, 15) is 14.4 Å². The van der Waals surface area contributed by atoms with Crippen LogP contribution in [0.15, 0.2) is 36.4 Å². The zero-order chi connectivity index (χ0) is 20.6. The number of halogens is 2. The molecule has 0 spiro atoms. The van der Waals surface area contributed by atoms with Crippen molar-refractivity contribution in [3.8, 4) is 5.75 Å². The van der Waals surface area contributed by atoms with Gasteiger partial charge < -0.3 is 10.1 Å². The zero-order valence-electron chi connectivity index (χ0n) is 15.5. The van der Waals surface area contributed by atoms with Crippen molar-refractivity contribution in [2.45, 2.75) is 32.9 Å². The number of carbonyl (C=O) groups is 3. The zero-order valence-corrected chi connectivity index (χ0v) is 17.0. The molecule has 8 heteroatoms. The highest BCUT2D eigenvalue weighted by Gasteiger charge is 2.41. The Kier molecular flexibility index (Phi) is 5.63. The minimum atomic E-state index is -1.02. The Morgan fingerprint density at radius 3 is 1.93 bits per heavy atom. The van der Waals surface area contributed by atoms with Crippen LogP contribution >= 0.6 is 23.2 Å². The molecule has 0 bridgehead atoms. The van der Waals surface area contributed by atoms with Crippen LogP contribution in [0.3, 0.4) is 0 Å². The number of carbonyl (C=O) groups excluding carboxylic acids is 3. The molecule has 1 atom stereocenters. The van der Waals surface area contributed by atoms with Crippen molar-refractivity contribution >= 4 is 46.6 Å². The molecule has 0 aromatic heterocycles. The number of nitrogens with one attached hydrogen (secondary N) is 1. The number of hydrogen-bond acceptors (Lipinski definition) is 4. The molecule has 1 aliphatic rings. The summed E-state index contributed by atoms with van der Waals surface area (Å²) in [7, 11) is 0. The van der Waals surface area contributed by atoms with Gasteiger partial charge in [0.2, 0.25) is 5.91 Å². The molecule has 0 radical (unpaired) electrons. The van der Waals surface area contributed by atoms with Crippen molar-refractivity contribution < 1.29 is 19.1 Å². The van der Waals surface area contributed by atoms with E-state index in [1.54, 1.807) is 24.3 Å². The maximum Gasteiger partial charge on any atom is 0.262 e. The Labute approximate surface area is 172 Å². The first kappa shape index (κ1) is 20.2. The molecule has 0 saturated carbocycles. The van der Waals surface area contributed by atoms with Crippen LogP contribution in [-0.4, -0.2) is 34.8 Å². The number of ether oxygens (including phenoxy) is 1. The van der Waals surface area contributed by atoms with Gasteiger partial charge in [-0.3, -0.25) is 19.3 Å². The number of nitrogens with zero attached hydrogens (tertiary/aromatic N) is 1. The van der Waals surface area contributed by atoms with Crippen LogP contribution in [-0.2, 0) is 4.79 Å². The third kappa shape index (κ3) is 3.84. The molecule has 0 saturated heterocycles. The molecule has 0 aliphatic carbocycles. The molecular weight excluding hydrogens is 403 g/mol. The highest BCUT2D eigenvalue weighted by atomic mass is 35.5. The van der Waals surface area contributed by atoms with E-state index >= 15 is 0 Å². The minimum absolute atomic E-state index is 0.0382. The molecule has 3 rings (SSSR count). The van der Waals surface area contributed by atoms with E-state index in [1.165, 1.54) is 19.1 Å². The fourth-order valence-electron chi connectivity index (χ4n) is 2.86. The van der Waals surface area contributed by atoms with Gasteiger partial charge in [-0.05, 0) is 57.2 Å². The van der Waals surface area contributed by atoms with Gasteiger partial charge in [-0.15, -0.1) is 0 Å². The van der Waals surface area contributed by atoms with E-state index < -0.39 is 23.8 Å². The molecule has 146 valence electrons. The predicted octanol–water partition coefficient (Wildman–Crippen LogP) is 4.40. The summed E-state index contributed by atoms with van der Waals surface area (Å²) in [4.78, 5) is 38.7. The molecular formula is C20H18Cl2N2O4. The van der Waals surface area contributed by atoms with E-state index in [4.69, 9.17) is 27.9 Å². The highest BCUT2D eigenvalue weighted by Crippen LogP contribution is 2.32. The van der Waals surface area contributed by atoms with Crippen molar-refractivity contribution in [2.75, 3.05) is 5.32 Å². The van der Waals surface area contributed by atoms with Gasteiger partial charge in [-0.2, -0.15) is 0 Å². The molecule has 1 unspecified atom stereocenters. The van der Waals surface area contributed by atoms with Gasteiger partial charge in [0.05, 0.1) is 27.3 Å². The summed E-state index contributed by atoms with van der Waals surface area (Å²) in [5.74, 6) is -0.983. The van der Waals surface area contributed by atoms with Crippen LogP contribution in [0.1, 0.15) is 41.5 Å².